The van der Waals surface area contributed by atoms with E-state index in [0.717, 1.165) is 12.8 Å². The van der Waals surface area contributed by atoms with E-state index < -0.39 is 11.9 Å². The van der Waals surface area contributed by atoms with Gasteiger partial charge in [0.15, 0.2) is 0 Å². The Bertz CT molecular complexity index is 733. The summed E-state index contributed by atoms with van der Waals surface area (Å²) in [4.78, 5) is 36.3. The molecule has 9 nitrogen and oxygen atoms in total. The summed E-state index contributed by atoms with van der Waals surface area (Å²) >= 11 is 0. The van der Waals surface area contributed by atoms with Gasteiger partial charge in [0, 0.05) is 24.8 Å². The molecule has 0 aromatic heterocycles. The van der Waals surface area contributed by atoms with Gasteiger partial charge in [-0.25, -0.2) is 19.9 Å². The van der Waals surface area contributed by atoms with Crippen LogP contribution in [0.2, 0.25) is 0 Å². The van der Waals surface area contributed by atoms with Gasteiger partial charge in [0.25, 0.3) is 0 Å². The van der Waals surface area contributed by atoms with Crippen LogP contribution in [0.1, 0.15) is 58.3 Å². The van der Waals surface area contributed by atoms with E-state index in [2.05, 4.69) is 5.32 Å². The number of rotatable bonds is 7. The van der Waals surface area contributed by atoms with Crippen molar-refractivity contribution < 1.29 is 24.3 Å². The maximum absolute atomic E-state index is 12.9. The minimum absolute atomic E-state index is 0.110. The number of anilines is 1. The molecule has 1 atom stereocenters. The molecule has 1 unspecified atom stereocenters. The van der Waals surface area contributed by atoms with Crippen molar-refractivity contribution in [2.24, 2.45) is 5.92 Å². The van der Waals surface area contributed by atoms with Crippen LogP contribution in [-0.4, -0.2) is 65.4 Å². The predicted molar refractivity (Wildman–Crippen MR) is 121 cm³/mol. The Morgan fingerprint density at radius 2 is 1.75 bits per heavy atom. The minimum Gasteiger partial charge on any atom is -0.497 e. The zero-order valence-electron chi connectivity index (χ0n) is 19.2. The van der Waals surface area contributed by atoms with Gasteiger partial charge in [-0.2, -0.15) is 0 Å². The molecule has 0 radical (unpaired) electrons. The Morgan fingerprint density at radius 1 is 1.12 bits per heavy atom. The third-order valence-electron chi connectivity index (χ3n) is 5.71. The van der Waals surface area contributed by atoms with Crippen molar-refractivity contribution in [3.8, 4) is 5.75 Å². The Kier molecular flexibility index (Phi) is 10.8. The molecule has 178 valence electrons. The van der Waals surface area contributed by atoms with Crippen LogP contribution in [0.25, 0.3) is 0 Å². The van der Waals surface area contributed by atoms with Crippen LogP contribution in [0.4, 0.5) is 10.5 Å². The maximum atomic E-state index is 12.9. The summed E-state index contributed by atoms with van der Waals surface area (Å²) < 4.78 is 5.15. The number of benzene rings is 1. The smallest absolute Gasteiger partial charge is 0.340 e. The summed E-state index contributed by atoms with van der Waals surface area (Å²) in [6.07, 6.45) is 9.76. The molecular weight excluding hydrogens is 412 g/mol. The van der Waals surface area contributed by atoms with Crippen molar-refractivity contribution in [2.45, 2.75) is 58.3 Å². The van der Waals surface area contributed by atoms with Crippen molar-refractivity contribution in [3.05, 3.63) is 24.3 Å². The normalized spacial score (nSPS) is 16.5. The standard InChI is InChI=1S/C18H26N4O5.C5H10/c1-3-14(12-20(26)13-23)17(24)21-9-4-5-10-22(21)18(25)19-15-7-6-8-16(11-15)27-2;1-2-4-5-3-1/h6-8,11,13-14,26H,3-5,9-10,12H2,1-2H3,(H,19,25);1-5H2. The lowest BCUT2D eigenvalue weighted by atomic mass is 10.0. The molecule has 1 heterocycles. The molecule has 0 spiro atoms. The third kappa shape index (κ3) is 7.71. The number of nitrogens with zero attached hydrogens (tertiary/aromatic N) is 3. The van der Waals surface area contributed by atoms with Gasteiger partial charge in [-0.1, -0.05) is 45.1 Å². The van der Waals surface area contributed by atoms with E-state index in [0.29, 0.717) is 36.0 Å². The Hall–Kier alpha value is -2.81. The number of hydrogen-bond acceptors (Lipinski definition) is 5. The van der Waals surface area contributed by atoms with Crippen molar-refractivity contribution >= 4 is 24.0 Å². The van der Waals surface area contributed by atoms with Gasteiger partial charge in [0.2, 0.25) is 12.3 Å². The third-order valence-corrected chi connectivity index (χ3v) is 5.71. The van der Waals surface area contributed by atoms with Gasteiger partial charge >= 0.3 is 6.03 Å². The van der Waals surface area contributed by atoms with E-state index in [1.165, 1.54) is 42.1 Å². The highest BCUT2D eigenvalue weighted by Crippen LogP contribution is 2.21. The molecule has 0 bridgehead atoms. The molecule has 9 heteroatoms. The fourth-order valence-corrected chi connectivity index (χ4v) is 3.84. The number of hydroxylamine groups is 2. The highest BCUT2D eigenvalue weighted by Gasteiger charge is 2.33. The first-order chi connectivity index (χ1) is 15.5. The van der Waals surface area contributed by atoms with E-state index in [9.17, 15) is 19.6 Å². The predicted octanol–water partition coefficient (Wildman–Crippen LogP) is 3.89. The van der Waals surface area contributed by atoms with Gasteiger partial charge in [0.05, 0.1) is 19.6 Å². The van der Waals surface area contributed by atoms with Crippen LogP contribution in [0, 0.1) is 5.92 Å². The quantitative estimate of drug-likeness (QED) is 0.374. The first kappa shape index (κ1) is 25.5. The fourth-order valence-electron chi connectivity index (χ4n) is 3.84. The van der Waals surface area contributed by atoms with E-state index in [1.54, 1.807) is 38.3 Å². The second kappa shape index (κ2) is 13.6. The monoisotopic (exact) mass is 448 g/mol. The summed E-state index contributed by atoms with van der Waals surface area (Å²) in [6.45, 7) is 2.51. The molecule has 1 aliphatic carbocycles. The topological polar surface area (TPSA) is 102 Å². The van der Waals surface area contributed by atoms with Gasteiger partial charge in [-0.05, 0) is 31.4 Å². The molecule has 32 heavy (non-hydrogen) atoms. The number of amides is 4. The fraction of sp³-hybridized carbons (Fsp3) is 0.609. The highest BCUT2D eigenvalue weighted by molar-refractivity contribution is 5.91. The number of carbonyl (C=O) groups is 3. The average molecular weight is 449 g/mol. The van der Waals surface area contributed by atoms with Crippen LogP contribution < -0.4 is 10.1 Å². The first-order valence-corrected chi connectivity index (χ1v) is 11.4. The molecule has 4 amide bonds. The van der Waals surface area contributed by atoms with Gasteiger partial charge in [0.1, 0.15) is 5.75 Å². The minimum atomic E-state index is -0.592. The summed E-state index contributed by atoms with van der Waals surface area (Å²) in [5.41, 5.74) is 0.562. The largest absolute Gasteiger partial charge is 0.497 e. The molecule has 2 N–H and O–H groups in total. The molecular formula is C23H36N4O5. The molecule has 2 aliphatic rings. The van der Waals surface area contributed by atoms with Gasteiger partial charge < -0.3 is 10.1 Å². The zero-order chi connectivity index (χ0) is 23.3. The van der Waals surface area contributed by atoms with Crippen LogP contribution >= 0.6 is 0 Å². The number of hydrazine groups is 1. The van der Waals surface area contributed by atoms with E-state index in [4.69, 9.17) is 4.74 Å². The van der Waals surface area contributed by atoms with E-state index in [1.807, 2.05) is 0 Å². The van der Waals surface area contributed by atoms with Crippen molar-refractivity contribution in [1.82, 2.24) is 15.1 Å². The molecule has 1 saturated heterocycles. The van der Waals surface area contributed by atoms with E-state index in [-0.39, 0.29) is 18.9 Å². The van der Waals surface area contributed by atoms with Crippen LogP contribution in [0.3, 0.4) is 0 Å². The first-order valence-electron chi connectivity index (χ1n) is 11.4. The van der Waals surface area contributed by atoms with E-state index >= 15 is 0 Å². The molecule has 1 aliphatic heterocycles. The average Bonchev–Trinajstić information content (AvgIpc) is 3.42. The second-order valence-electron chi connectivity index (χ2n) is 8.05. The number of hydrogen-bond donors (Lipinski definition) is 2. The summed E-state index contributed by atoms with van der Waals surface area (Å²) in [5.74, 6) is -0.272. The van der Waals surface area contributed by atoms with Crippen LogP contribution in [-0.2, 0) is 9.59 Å². The highest BCUT2D eigenvalue weighted by atomic mass is 16.5. The Balaban J connectivity index is 0.000000636. The summed E-state index contributed by atoms with van der Waals surface area (Å²) in [5, 5.41) is 15.4. The molecule has 2 fully saturated rings. The Morgan fingerprint density at radius 3 is 2.31 bits per heavy atom. The zero-order valence-corrected chi connectivity index (χ0v) is 19.2. The maximum Gasteiger partial charge on any atom is 0.340 e. The van der Waals surface area contributed by atoms with Gasteiger partial charge in [-0.15, -0.1) is 0 Å². The number of urea groups is 1. The number of methoxy groups -OCH3 is 1. The molecule has 1 aromatic carbocycles. The lowest BCUT2D eigenvalue weighted by molar-refractivity contribution is -0.163. The molecule has 1 saturated carbocycles. The van der Waals surface area contributed by atoms with Crippen molar-refractivity contribution in [3.63, 3.8) is 0 Å². The van der Waals surface area contributed by atoms with Crippen LogP contribution in [0.5, 0.6) is 5.75 Å². The number of nitrogens with one attached hydrogen (secondary N) is 1. The van der Waals surface area contributed by atoms with Crippen LogP contribution in [0.15, 0.2) is 24.3 Å². The van der Waals surface area contributed by atoms with Crippen molar-refractivity contribution in [1.29, 1.82) is 0 Å². The molecule has 3 rings (SSSR count). The number of ether oxygens (including phenoxy) is 1. The Labute approximate surface area is 190 Å². The lowest BCUT2D eigenvalue weighted by Gasteiger charge is -2.40. The lowest BCUT2D eigenvalue weighted by Crippen LogP contribution is -2.56. The summed E-state index contributed by atoms with van der Waals surface area (Å²) in [6, 6.07) is 6.54. The SMILES string of the molecule is C1CCCC1.CCC(CN(O)C=O)C(=O)N1CCCCN1C(=O)Nc1cccc(OC)c1. The number of carbonyl (C=O) groups excluding carboxylic acids is 3. The van der Waals surface area contributed by atoms with Gasteiger partial charge in [-0.3, -0.25) is 14.8 Å². The second-order valence-corrected chi connectivity index (χ2v) is 8.05. The summed E-state index contributed by atoms with van der Waals surface area (Å²) in [7, 11) is 1.54. The van der Waals surface area contributed by atoms with Crippen molar-refractivity contribution in [2.75, 3.05) is 32.1 Å². The molecule has 1 aromatic rings.